The second kappa shape index (κ2) is 4.02. The summed E-state index contributed by atoms with van der Waals surface area (Å²) in [5, 5.41) is 3.13. The molecule has 0 saturated carbocycles. The van der Waals surface area contributed by atoms with Gasteiger partial charge in [0.25, 0.3) is 5.56 Å². The molecular weight excluding hydrogens is 214 g/mol. The summed E-state index contributed by atoms with van der Waals surface area (Å²) in [6.07, 6.45) is 0. The van der Waals surface area contributed by atoms with Gasteiger partial charge in [0.05, 0.1) is 0 Å². The minimum atomic E-state index is 0.0226. The van der Waals surface area contributed by atoms with Crippen LogP contribution in [0.25, 0.3) is 5.65 Å². The molecule has 92 valence electrons. The third-order valence-electron chi connectivity index (χ3n) is 3.06. The lowest BCUT2D eigenvalue weighted by Crippen LogP contribution is -2.22. The fourth-order valence-corrected chi connectivity index (χ4v) is 2.13. The smallest absolute Gasteiger partial charge is 0.276 e. The largest absolute Gasteiger partial charge is 0.293 e. The van der Waals surface area contributed by atoms with Crippen LogP contribution >= 0.6 is 0 Å². The molecule has 0 aliphatic rings. The number of H-pyrrole nitrogens is 1. The first kappa shape index (κ1) is 11.9. The Bertz CT molecular complexity index is 605. The van der Waals surface area contributed by atoms with Gasteiger partial charge in [-0.2, -0.15) is 0 Å². The van der Waals surface area contributed by atoms with Gasteiger partial charge in [-0.3, -0.25) is 9.89 Å². The molecule has 17 heavy (non-hydrogen) atoms. The van der Waals surface area contributed by atoms with Crippen LogP contribution in [0.4, 0.5) is 0 Å². The number of aryl methyl sites for hydroxylation is 1. The molecular formula is C13H19N3O. The maximum Gasteiger partial charge on any atom is 0.276 e. The zero-order valence-electron chi connectivity index (χ0n) is 11.0. The summed E-state index contributed by atoms with van der Waals surface area (Å²) in [6, 6.07) is 1.95. The molecule has 2 heterocycles. The Balaban J connectivity index is 2.79. The summed E-state index contributed by atoms with van der Waals surface area (Å²) in [5.74, 6) is 0.552. The van der Waals surface area contributed by atoms with Crippen molar-refractivity contribution in [3.05, 3.63) is 33.4 Å². The van der Waals surface area contributed by atoms with Crippen LogP contribution in [0, 0.1) is 6.92 Å². The SMILES string of the molecule is Cc1nc2cc(C(C)C)[nH]n2c(=O)c1C(C)C. The average molecular weight is 233 g/mol. The van der Waals surface area contributed by atoms with Crippen molar-refractivity contribution >= 4 is 5.65 Å². The second-order valence-electron chi connectivity index (χ2n) is 5.13. The van der Waals surface area contributed by atoms with E-state index >= 15 is 0 Å². The Kier molecular flexibility index (Phi) is 2.81. The minimum Gasteiger partial charge on any atom is -0.293 e. The van der Waals surface area contributed by atoms with Gasteiger partial charge in [0.15, 0.2) is 5.65 Å². The molecule has 2 aromatic rings. The first-order chi connectivity index (χ1) is 7.91. The third-order valence-corrected chi connectivity index (χ3v) is 3.06. The van der Waals surface area contributed by atoms with Crippen molar-refractivity contribution in [1.29, 1.82) is 0 Å². The molecule has 1 N–H and O–H groups in total. The maximum atomic E-state index is 12.3. The molecule has 0 amide bonds. The van der Waals surface area contributed by atoms with Crippen LogP contribution in [0.3, 0.4) is 0 Å². The van der Waals surface area contributed by atoms with Gasteiger partial charge in [0, 0.05) is 23.0 Å². The van der Waals surface area contributed by atoms with Crippen LogP contribution < -0.4 is 5.56 Å². The van der Waals surface area contributed by atoms with Crippen molar-refractivity contribution < 1.29 is 0 Å². The van der Waals surface area contributed by atoms with E-state index in [1.165, 1.54) is 0 Å². The monoisotopic (exact) mass is 233 g/mol. The predicted molar refractivity (Wildman–Crippen MR) is 68.7 cm³/mol. The molecule has 0 aliphatic heterocycles. The summed E-state index contributed by atoms with van der Waals surface area (Å²) >= 11 is 0. The topological polar surface area (TPSA) is 50.2 Å². The lowest BCUT2D eigenvalue weighted by Gasteiger charge is -2.07. The van der Waals surface area contributed by atoms with Crippen molar-refractivity contribution in [2.24, 2.45) is 0 Å². The summed E-state index contributed by atoms with van der Waals surface area (Å²) in [4.78, 5) is 16.8. The van der Waals surface area contributed by atoms with E-state index in [-0.39, 0.29) is 11.5 Å². The summed E-state index contributed by atoms with van der Waals surface area (Å²) in [6.45, 7) is 10.1. The molecule has 0 fully saturated rings. The molecule has 0 bridgehead atoms. The Labute approximate surface area is 101 Å². The maximum absolute atomic E-state index is 12.3. The van der Waals surface area contributed by atoms with Crippen LogP contribution in [-0.4, -0.2) is 14.6 Å². The third kappa shape index (κ3) is 1.88. The van der Waals surface area contributed by atoms with E-state index in [0.717, 1.165) is 17.0 Å². The number of nitrogens with zero attached hydrogens (tertiary/aromatic N) is 2. The molecule has 0 aromatic carbocycles. The predicted octanol–water partition coefficient (Wildman–Crippen LogP) is 2.58. The highest BCUT2D eigenvalue weighted by molar-refractivity contribution is 5.42. The van der Waals surface area contributed by atoms with Crippen molar-refractivity contribution in [2.45, 2.75) is 46.5 Å². The van der Waals surface area contributed by atoms with Gasteiger partial charge in [-0.25, -0.2) is 9.50 Å². The number of hydrogen-bond donors (Lipinski definition) is 1. The van der Waals surface area contributed by atoms with Crippen LogP contribution in [0.5, 0.6) is 0 Å². The number of aromatic amines is 1. The molecule has 0 atom stereocenters. The highest BCUT2D eigenvalue weighted by Crippen LogP contribution is 2.17. The zero-order valence-corrected chi connectivity index (χ0v) is 11.0. The Morgan fingerprint density at radius 1 is 1.24 bits per heavy atom. The molecule has 0 saturated heterocycles. The van der Waals surface area contributed by atoms with E-state index in [4.69, 9.17) is 0 Å². The van der Waals surface area contributed by atoms with E-state index in [1.807, 2.05) is 26.8 Å². The number of rotatable bonds is 2. The van der Waals surface area contributed by atoms with Gasteiger partial charge >= 0.3 is 0 Å². The lowest BCUT2D eigenvalue weighted by atomic mass is 10.0. The van der Waals surface area contributed by atoms with Crippen molar-refractivity contribution in [3.8, 4) is 0 Å². The number of hydrogen-bond acceptors (Lipinski definition) is 2. The van der Waals surface area contributed by atoms with E-state index in [9.17, 15) is 4.79 Å². The molecule has 2 aromatic heterocycles. The van der Waals surface area contributed by atoms with Crippen LogP contribution in [0.15, 0.2) is 10.9 Å². The Morgan fingerprint density at radius 3 is 2.41 bits per heavy atom. The molecule has 2 rings (SSSR count). The molecule has 0 radical (unpaired) electrons. The summed E-state index contributed by atoms with van der Waals surface area (Å²) in [5.41, 5.74) is 3.39. The van der Waals surface area contributed by atoms with E-state index in [2.05, 4.69) is 23.9 Å². The van der Waals surface area contributed by atoms with Gasteiger partial charge in [-0.1, -0.05) is 27.7 Å². The highest BCUT2D eigenvalue weighted by Gasteiger charge is 2.15. The van der Waals surface area contributed by atoms with Crippen LogP contribution in [0.2, 0.25) is 0 Å². The first-order valence-corrected chi connectivity index (χ1v) is 6.04. The normalized spacial score (nSPS) is 11.9. The minimum absolute atomic E-state index is 0.0226. The second-order valence-corrected chi connectivity index (χ2v) is 5.13. The van der Waals surface area contributed by atoms with Gasteiger partial charge in [0.1, 0.15) is 0 Å². The standard InChI is InChI=1S/C13H19N3O/c1-7(2)10-6-11-14-9(5)12(8(3)4)13(17)16(11)15-10/h6-8,15H,1-5H3. The molecule has 4 nitrogen and oxygen atoms in total. The van der Waals surface area contributed by atoms with Crippen molar-refractivity contribution in [3.63, 3.8) is 0 Å². The van der Waals surface area contributed by atoms with Crippen molar-refractivity contribution in [2.75, 3.05) is 0 Å². The number of aromatic nitrogens is 3. The van der Waals surface area contributed by atoms with E-state index < -0.39 is 0 Å². The van der Waals surface area contributed by atoms with Gasteiger partial charge in [-0.15, -0.1) is 0 Å². The first-order valence-electron chi connectivity index (χ1n) is 6.04. The molecule has 0 spiro atoms. The number of fused-ring (bicyclic) bond motifs is 1. The summed E-state index contributed by atoms with van der Waals surface area (Å²) in [7, 11) is 0. The quantitative estimate of drug-likeness (QED) is 0.866. The van der Waals surface area contributed by atoms with E-state index in [0.29, 0.717) is 11.6 Å². The molecule has 4 heteroatoms. The zero-order chi connectivity index (χ0) is 12.7. The fraction of sp³-hybridized carbons (Fsp3) is 0.538. The van der Waals surface area contributed by atoms with Gasteiger partial charge in [0.2, 0.25) is 0 Å². The van der Waals surface area contributed by atoms with Crippen LogP contribution in [-0.2, 0) is 0 Å². The highest BCUT2D eigenvalue weighted by atomic mass is 16.1. The fourth-order valence-electron chi connectivity index (χ4n) is 2.13. The summed E-state index contributed by atoms with van der Waals surface area (Å²) < 4.78 is 1.55. The van der Waals surface area contributed by atoms with E-state index in [1.54, 1.807) is 4.52 Å². The van der Waals surface area contributed by atoms with Crippen LogP contribution in [0.1, 0.15) is 56.5 Å². The number of nitrogens with one attached hydrogen (secondary N) is 1. The van der Waals surface area contributed by atoms with Gasteiger partial charge in [-0.05, 0) is 18.8 Å². The van der Waals surface area contributed by atoms with Gasteiger partial charge < -0.3 is 0 Å². The average Bonchev–Trinajstić information content (AvgIpc) is 2.60. The lowest BCUT2D eigenvalue weighted by molar-refractivity contribution is 0.747. The Hall–Kier alpha value is -1.58. The molecule has 0 aliphatic carbocycles. The molecule has 0 unspecified atom stereocenters. The Morgan fingerprint density at radius 2 is 1.88 bits per heavy atom. The van der Waals surface area contributed by atoms with Crippen molar-refractivity contribution in [1.82, 2.24) is 14.6 Å².